The third-order valence-corrected chi connectivity index (χ3v) is 3.78. The van der Waals surface area contributed by atoms with E-state index in [0.29, 0.717) is 6.54 Å². The van der Waals surface area contributed by atoms with Crippen molar-refractivity contribution in [3.8, 4) is 0 Å². The number of alkyl halides is 2. The quantitative estimate of drug-likeness (QED) is 0.872. The van der Waals surface area contributed by atoms with Crippen molar-refractivity contribution >= 4 is 5.97 Å². The number of halogens is 2. The molecule has 0 spiro atoms. The lowest BCUT2D eigenvalue weighted by Crippen LogP contribution is -2.45. The summed E-state index contributed by atoms with van der Waals surface area (Å²) in [6.45, 7) is -0.351. The minimum absolute atomic E-state index is 0.0560. The summed E-state index contributed by atoms with van der Waals surface area (Å²) in [5.41, 5.74) is 0.931. The molecular formula is C15H19F2NO2. The van der Waals surface area contributed by atoms with Gasteiger partial charge in [-0.3, -0.25) is 4.90 Å². The molecular weight excluding hydrogens is 264 g/mol. The van der Waals surface area contributed by atoms with Crippen LogP contribution in [0.3, 0.4) is 0 Å². The zero-order valence-electron chi connectivity index (χ0n) is 11.3. The van der Waals surface area contributed by atoms with Gasteiger partial charge in [0.15, 0.2) is 0 Å². The molecule has 1 saturated carbocycles. The van der Waals surface area contributed by atoms with E-state index in [2.05, 4.69) is 0 Å². The van der Waals surface area contributed by atoms with Crippen molar-refractivity contribution in [3.63, 3.8) is 0 Å². The summed E-state index contributed by atoms with van der Waals surface area (Å²) >= 11 is 0. The maximum atomic E-state index is 13.5. The molecule has 0 bridgehead atoms. The number of carbonyl (C=O) groups is 1. The number of benzene rings is 1. The summed E-state index contributed by atoms with van der Waals surface area (Å²) in [6.07, 6.45) is 3.77. The van der Waals surface area contributed by atoms with Crippen LogP contribution in [-0.4, -0.2) is 34.5 Å². The van der Waals surface area contributed by atoms with Crippen LogP contribution in [0.2, 0.25) is 0 Å². The molecule has 2 rings (SSSR count). The summed E-state index contributed by atoms with van der Waals surface area (Å²) in [4.78, 5) is 12.3. The summed E-state index contributed by atoms with van der Waals surface area (Å²) in [7, 11) is 0. The molecule has 0 atom stereocenters. The topological polar surface area (TPSA) is 40.5 Å². The summed E-state index contributed by atoms with van der Waals surface area (Å²) in [6, 6.07) is 9.40. The van der Waals surface area contributed by atoms with Crippen LogP contribution in [0.15, 0.2) is 30.3 Å². The van der Waals surface area contributed by atoms with Crippen molar-refractivity contribution < 1.29 is 18.7 Å². The number of hydrogen-bond acceptors (Lipinski definition) is 2. The van der Waals surface area contributed by atoms with Gasteiger partial charge in [0, 0.05) is 12.6 Å². The molecule has 1 fully saturated rings. The van der Waals surface area contributed by atoms with E-state index >= 15 is 0 Å². The monoisotopic (exact) mass is 283 g/mol. The van der Waals surface area contributed by atoms with Crippen LogP contribution in [0, 0.1) is 0 Å². The first-order chi connectivity index (χ1) is 9.49. The Bertz CT molecular complexity index is 444. The minimum atomic E-state index is -3.70. The minimum Gasteiger partial charge on any atom is -0.477 e. The van der Waals surface area contributed by atoms with Gasteiger partial charge in [0.1, 0.15) is 0 Å². The highest BCUT2D eigenvalue weighted by Crippen LogP contribution is 2.28. The third-order valence-electron chi connectivity index (χ3n) is 3.78. The lowest BCUT2D eigenvalue weighted by molar-refractivity contribution is -0.168. The molecule has 0 amide bonds. The number of carboxylic acid groups (broad SMARTS) is 1. The van der Waals surface area contributed by atoms with Crippen molar-refractivity contribution in [2.24, 2.45) is 0 Å². The van der Waals surface area contributed by atoms with E-state index in [1.54, 1.807) is 4.90 Å². The second kappa shape index (κ2) is 6.31. The summed E-state index contributed by atoms with van der Waals surface area (Å²) in [5.74, 6) is -5.74. The predicted octanol–water partition coefficient (Wildman–Crippen LogP) is 3.15. The molecule has 0 aromatic heterocycles. The van der Waals surface area contributed by atoms with Gasteiger partial charge in [0.05, 0.1) is 6.54 Å². The lowest BCUT2D eigenvalue weighted by Gasteiger charge is -2.30. The molecule has 5 heteroatoms. The molecule has 0 unspecified atom stereocenters. The second-order valence-electron chi connectivity index (χ2n) is 5.34. The average Bonchev–Trinajstić information content (AvgIpc) is 2.92. The molecule has 1 aromatic rings. The van der Waals surface area contributed by atoms with Crippen molar-refractivity contribution in [1.29, 1.82) is 0 Å². The fraction of sp³-hybridized carbons (Fsp3) is 0.533. The Labute approximate surface area is 117 Å². The number of hydrogen-bond donors (Lipinski definition) is 1. The van der Waals surface area contributed by atoms with E-state index in [1.165, 1.54) is 0 Å². The first-order valence-corrected chi connectivity index (χ1v) is 6.88. The highest BCUT2D eigenvalue weighted by atomic mass is 19.3. The van der Waals surface area contributed by atoms with Crippen LogP contribution in [0.25, 0.3) is 0 Å². The van der Waals surface area contributed by atoms with Gasteiger partial charge in [0.25, 0.3) is 0 Å². The van der Waals surface area contributed by atoms with E-state index in [0.717, 1.165) is 31.2 Å². The Morgan fingerprint density at radius 2 is 1.85 bits per heavy atom. The standard InChI is InChI=1S/C15H19F2NO2/c16-15(17,14(19)20)11-18(13-8-4-5-9-13)10-12-6-2-1-3-7-12/h1-3,6-7,13H,4-5,8-11H2,(H,19,20). The van der Waals surface area contributed by atoms with E-state index in [-0.39, 0.29) is 6.04 Å². The number of rotatable bonds is 6. The van der Waals surface area contributed by atoms with Crippen LogP contribution >= 0.6 is 0 Å². The van der Waals surface area contributed by atoms with Gasteiger partial charge in [0.2, 0.25) is 0 Å². The molecule has 1 aromatic carbocycles. The molecule has 1 N–H and O–H groups in total. The van der Waals surface area contributed by atoms with Crippen LogP contribution in [0.1, 0.15) is 31.2 Å². The third kappa shape index (κ3) is 3.76. The lowest BCUT2D eigenvalue weighted by atomic mass is 10.1. The zero-order valence-corrected chi connectivity index (χ0v) is 11.3. The second-order valence-corrected chi connectivity index (χ2v) is 5.34. The Hall–Kier alpha value is -1.49. The van der Waals surface area contributed by atoms with Crippen LogP contribution in [0.5, 0.6) is 0 Å². The Morgan fingerprint density at radius 1 is 1.25 bits per heavy atom. The Morgan fingerprint density at radius 3 is 2.40 bits per heavy atom. The van der Waals surface area contributed by atoms with Gasteiger partial charge >= 0.3 is 11.9 Å². The first kappa shape index (κ1) is 14.9. The fourth-order valence-electron chi connectivity index (χ4n) is 2.72. The van der Waals surface area contributed by atoms with Crippen LogP contribution in [0.4, 0.5) is 8.78 Å². The largest absolute Gasteiger partial charge is 0.477 e. The number of carboxylic acids is 1. The maximum absolute atomic E-state index is 13.5. The molecule has 0 saturated heterocycles. The molecule has 110 valence electrons. The van der Waals surface area contributed by atoms with Crippen LogP contribution in [-0.2, 0) is 11.3 Å². The van der Waals surface area contributed by atoms with Crippen molar-refractivity contribution in [2.45, 2.75) is 44.2 Å². The van der Waals surface area contributed by atoms with Gasteiger partial charge in [-0.05, 0) is 18.4 Å². The highest BCUT2D eigenvalue weighted by molar-refractivity contribution is 5.75. The molecule has 0 aliphatic heterocycles. The normalized spacial score (nSPS) is 16.8. The predicted molar refractivity (Wildman–Crippen MR) is 71.7 cm³/mol. The number of aliphatic carboxylic acids is 1. The molecule has 20 heavy (non-hydrogen) atoms. The molecule has 0 heterocycles. The van der Waals surface area contributed by atoms with Gasteiger partial charge in [-0.15, -0.1) is 0 Å². The number of nitrogens with zero attached hydrogens (tertiary/aromatic N) is 1. The van der Waals surface area contributed by atoms with Gasteiger partial charge in [-0.1, -0.05) is 43.2 Å². The maximum Gasteiger partial charge on any atom is 0.375 e. The first-order valence-electron chi connectivity index (χ1n) is 6.88. The summed E-state index contributed by atoms with van der Waals surface area (Å²) < 4.78 is 27.0. The van der Waals surface area contributed by atoms with Gasteiger partial charge in [-0.2, -0.15) is 8.78 Å². The highest BCUT2D eigenvalue weighted by Gasteiger charge is 2.42. The van der Waals surface area contributed by atoms with Crippen LogP contribution < -0.4 is 0 Å². The van der Waals surface area contributed by atoms with E-state index in [4.69, 9.17) is 5.11 Å². The van der Waals surface area contributed by atoms with Gasteiger partial charge in [-0.25, -0.2) is 4.79 Å². The summed E-state index contributed by atoms with van der Waals surface area (Å²) in [5, 5.41) is 8.62. The zero-order chi connectivity index (χ0) is 14.6. The van der Waals surface area contributed by atoms with E-state index in [9.17, 15) is 13.6 Å². The van der Waals surface area contributed by atoms with E-state index in [1.807, 2.05) is 30.3 Å². The van der Waals surface area contributed by atoms with Crippen molar-refractivity contribution in [1.82, 2.24) is 4.90 Å². The molecule has 1 aliphatic carbocycles. The fourth-order valence-corrected chi connectivity index (χ4v) is 2.72. The van der Waals surface area contributed by atoms with Crippen molar-refractivity contribution in [3.05, 3.63) is 35.9 Å². The van der Waals surface area contributed by atoms with Gasteiger partial charge < -0.3 is 5.11 Å². The smallest absolute Gasteiger partial charge is 0.375 e. The molecule has 0 radical (unpaired) electrons. The van der Waals surface area contributed by atoms with E-state index < -0.39 is 18.4 Å². The van der Waals surface area contributed by atoms with Crippen molar-refractivity contribution in [2.75, 3.05) is 6.54 Å². The molecule has 1 aliphatic rings. The Balaban J connectivity index is 2.10. The molecule has 3 nitrogen and oxygen atoms in total. The SMILES string of the molecule is O=C(O)C(F)(F)CN(Cc1ccccc1)C1CCCC1. The Kier molecular flexibility index (Phi) is 4.70. The average molecular weight is 283 g/mol.